The summed E-state index contributed by atoms with van der Waals surface area (Å²) in [5.41, 5.74) is 4.87. The molecule has 3 N–H and O–H groups in total. The fourth-order valence-electron chi connectivity index (χ4n) is 5.00. The van der Waals surface area contributed by atoms with E-state index in [1.165, 1.54) is 17.5 Å². The van der Waals surface area contributed by atoms with Crippen molar-refractivity contribution in [1.82, 2.24) is 0 Å². The Morgan fingerprint density at radius 2 is 1.54 bits per heavy atom. The van der Waals surface area contributed by atoms with Gasteiger partial charge < -0.3 is 24.5 Å². The molecule has 0 saturated heterocycles. The number of ether oxygens (including phenoxy) is 1. The fraction of sp³-hybridized carbons (Fsp3) is 0.382. The molecular weight excluding hydrogens is 643 g/mol. The molecule has 5 nitrogen and oxygen atoms in total. The van der Waals surface area contributed by atoms with E-state index in [1.54, 1.807) is 12.1 Å². The van der Waals surface area contributed by atoms with Crippen LogP contribution in [0.2, 0.25) is 5.04 Å². The average Bonchev–Trinajstić information content (AvgIpc) is 2.94. The first-order valence-electron chi connectivity index (χ1n) is 14.0. The number of phenolic OH excluding ortho intramolecular Hbond substituents is 1. The molecule has 0 unspecified atom stereocenters. The molecular formula is C34H43IO5Si. The van der Waals surface area contributed by atoms with E-state index in [1.807, 2.05) is 54.6 Å². The number of rotatable bonds is 12. The van der Waals surface area contributed by atoms with Gasteiger partial charge in [-0.3, -0.25) is 0 Å². The molecule has 3 aromatic carbocycles. The number of hydrogen-bond donors (Lipinski definition) is 3. The molecule has 0 radical (unpaired) electrons. The smallest absolute Gasteiger partial charge is 0.261 e. The van der Waals surface area contributed by atoms with E-state index in [9.17, 15) is 15.3 Å². The Morgan fingerprint density at radius 1 is 0.976 bits per heavy atom. The predicted molar refractivity (Wildman–Crippen MR) is 178 cm³/mol. The van der Waals surface area contributed by atoms with Gasteiger partial charge in [-0.25, -0.2) is 0 Å². The molecule has 0 saturated carbocycles. The highest BCUT2D eigenvalue weighted by Crippen LogP contribution is 2.37. The summed E-state index contributed by atoms with van der Waals surface area (Å²) in [6, 6.07) is 24.4. The van der Waals surface area contributed by atoms with Gasteiger partial charge in [0.15, 0.2) is 11.5 Å². The van der Waals surface area contributed by atoms with Crippen LogP contribution in [0.4, 0.5) is 0 Å². The van der Waals surface area contributed by atoms with Crippen molar-refractivity contribution in [3.63, 3.8) is 0 Å². The van der Waals surface area contributed by atoms with E-state index in [2.05, 4.69) is 75.0 Å². The summed E-state index contributed by atoms with van der Waals surface area (Å²) in [4.78, 5) is 0. The Hall–Kier alpha value is -2.39. The van der Waals surface area contributed by atoms with Crippen molar-refractivity contribution in [2.24, 2.45) is 5.92 Å². The maximum absolute atomic E-state index is 10.9. The second-order valence-electron chi connectivity index (χ2n) is 11.7. The normalized spacial score (nSPS) is 13.4. The van der Waals surface area contributed by atoms with Crippen LogP contribution in [-0.4, -0.2) is 43.5 Å². The zero-order valence-electron chi connectivity index (χ0n) is 24.9. The van der Waals surface area contributed by atoms with Crippen molar-refractivity contribution in [2.75, 3.05) is 13.7 Å². The molecule has 41 heavy (non-hydrogen) atoms. The van der Waals surface area contributed by atoms with Crippen LogP contribution < -0.4 is 15.1 Å². The van der Waals surface area contributed by atoms with Gasteiger partial charge >= 0.3 is 0 Å². The number of aliphatic hydroxyl groups excluding tert-OH is 2. The zero-order valence-corrected chi connectivity index (χ0v) is 28.1. The van der Waals surface area contributed by atoms with Gasteiger partial charge in [-0.05, 0) is 73.3 Å². The number of hydrogen-bond acceptors (Lipinski definition) is 5. The fourth-order valence-corrected chi connectivity index (χ4v) is 10.2. The molecule has 0 fully saturated rings. The number of aromatic hydroxyl groups is 1. The van der Waals surface area contributed by atoms with Crippen LogP contribution in [0.5, 0.6) is 11.5 Å². The Labute approximate surface area is 259 Å². The summed E-state index contributed by atoms with van der Waals surface area (Å²) in [6.07, 6.45) is 1.20. The lowest BCUT2D eigenvalue weighted by atomic mass is 10.00. The first kappa shape index (κ1) is 33.1. The van der Waals surface area contributed by atoms with E-state index < -0.39 is 20.5 Å². The highest BCUT2D eigenvalue weighted by atomic mass is 127. The maximum Gasteiger partial charge on any atom is 0.261 e. The number of halogens is 1. The van der Waals surface area contributed by atoms with Gasteiger partial charge in [-0.2, -0.15) is 0 Å². The highest BCUT2D eigenvalue weighted by Gasteiger charge is 2.50. The molecule has 2 atom stereocenters. The minimum absolute atomic E-state index is 0.0601. The van der Waals surface area contributed by atoms with Crippen molar-refractivity contribution in [3.8, 4) is 11.5 Å². The molecule has 0 amide bonds. The number of phenols is 1. The molecule has 7 heteroatoms. The zero-order chi connectivity index (χ0) is 30.2. The number of benzene rings is 3. The van der Waals surface area contributed by atoms with Gasteiger partial charge in [0.05, 0.1) is 29.5 Å². The Bertz CT molecular complexity index is 1290. The van der Waals surface area contributed by atoms with Crippen molar-refractivity contribution < 1.29 is 24.5 Å². The molecule has 0 spiro atoms. The maximum atomic E-state index is 10.9. The van der Waals surface area contributed by atoms with Gasteiger partial charge in [0.2, 0.25) is 0 Å². The second-order valence-corrected chi connectivity index (χ2v) is 17.2. The molecule has 0 aliphatic rings. The van der Waals surface area contributed by atoms with Crippen LogP contribution in [0.15, 0.2) is 90.2 Å². The predicted octanol–water partition coefficient (Wildman–Crippen LogP) is 6.49. The van der Waals surface area contributed by atoms with Gasteiger partial charge in [0.25, 0.3) is 8.32 Å². The molecule has 0 aliphatic carbocycles. The third-order valence-corrected chi connectivity index (χ3v) is 13.2. The summed E-state index contributed by atoms with van der Waals surface area (Å²) in [7, 11) is -1.28. The largest absolute Gasteiger partial charge is 0.504 e. The van der Waals surface area contributed by atoms with E-state index >= 15 is 0 Å². The van der Waals surface area contributed by atoms with Crippen LogP contribution in [0.25, 0.3) is 0 Å². The lowest BCUT2D eigenvalue weighted by Crippen LogP contribution is -2.66. The Morgan fingerprint density at radius 3 is 2.02 bits per heavy atom. The third-order valence-electron chi connectivity index (χ3n) is 7.41. The molecule has 0 bridgehead atoms. The Balaban J connectivity index is 1.99. The Kier molecular flexibility index (Phi) is 11.8. The van der Waals surface area contributed by atoms with E-state index in [4.69, 9.17) is 9.16 Å². The number of aliphatic hydroxyl groups is 2. The SMILES string of the molecule is COc1cc([C@H](O)CC=C=C(CO[Si](c2ccccc2)(c2ccccc2)C(C)(C)C)C[C@@H](O)C(C)C)cc(I)c1O. The van der Waals surface area contributed by atoms with E-state index in [0.717, 1.165) is 5.57 Å². The van der Waals surface area contributed by atoms with Gasteiger partial charge in [-0.1, -0.05) is 95.3 Å². The van der Waals surface area contributed by atoms with Crippen LogP contribution in [0, 0.1) is 9.49 Å². The monoisotopic (exact) mass is 686 g/mol. The van der Waals surface area contributed by atoms with Crippen molar-refractivity contribution in [2.45, 2.75) is 64.7 Å². The summed E-state index contributed by atoms with van der Waals surface area (Å²) < 4.78 is 13.0. The lowest BCUT2D eigenvalue weighted by molar-refractivity contribution is 0.122. The molecule has 0 aromatic heterocycles. The van der Waals surface area contributed by atoms with Crippen molar-refractivity contribution in [3.05, 3.63) is 99.3 Å². The van der Waals surface area contributed by atoms with Crippen LogP contribution in [0.1, 0.15) is 59.1 Å². The van der Waals surface area contributed by atoms with Gasteiger partial charge in [0.1, 0.15) is 0 Å². The quantitative estimate of drug-likeness (QED) is 0.115. The average molecular weight is 687 g/mol. The highest BCUT2D eigenvalue weighted by molar-refractivity contribution is 14.1. The molecule has 3 rings (SSSR count). The van der Waals surface area contributed by atoms with Gasteiger partial charge in [-0.15, -0.1) is 5.73 Å². The molecule has 220 valence electrons. The van der Waals surface area contributed by atoms with Crippen molar-refractivity contribution in [1.29, 1.82) is 0 Å². The second kappa shape index (κ2) is 14.7. The van der Waals surface area contributed by atoms with E-state index in [-0.39, 0.29) is 16.7 Å². The van der Waals surface area contributed by atoms with Crippen LogP contribution >= 0.6 is 22.6 Å². The lowest BCUT2D eigenvalue weighted by Gasteiger charge is -2.43. The topological polar surface area (TPSA) is 79.2 Å². The van der Waals surface area contributed by atoms with E-state index in [0.29, 0.717) is 34.3 Å². The first-order valence-corrected chi connectivity index (χ1v) is 17.0. The summed E-state index contributed by atoms with van der Waals surface area (Å²) >= 11 is 2.02. The minimum Gasteiger partial charge on any atom is -0.504 e. The van der Waals surface area contributed by atoms with Crippen molar-refractivity contribution >= 4 is 41.3 Å². The van der Waals surface area contributed by atoms with Gasteiger partial charge in [0, 0.05) is 12.8 Å². The summed E-state index contributed by atoms with van der Waals surface area (Å²) in [5, 5.41) is 34.1. The third kappa shape index (κ3) is 8.12. The van der Waals surface area contributed by atoms with Crippen LogP contribution in [-0.2, 0) is 4.43 Å². The molecule has 3 aromatic rings. The number of methoxy groups -OCH3 is 1. The molecule has 0 aliphatic heterocycles. The summed E-state index contributed by atoms with van der Waals surface area (Å²) in [6.45, 7) is 11.0. The first-order chi connectivity index (χ1) is 19.4. The molecule has 0 heterocycles. The van der Waals surface area contributed by atoms with Crippen LogP contribution in [0.3, 0.4) is 0 Å². The minimum atomic E-state index is -2.77. The standard InChI is InChI=1S/C34H43IO5Si/c1-24(2)31(37)20-25(14-13-19-30(36)26-21-29(35)33(38)32(22-26)39-6)23-40-41(34(3,4)5,27-15-9-7-10-16-27)28-17-11-8-12-18-28/h7-13,15-18,21-22,24,30-31,36-38H,19-20,23H2,1-6H3/t14?,30-,31-/m1/s1. The summed E-state index contributed by atoms with van der Waals surface area (Å²) in [5.74, 6) is 0.464.